The molecule has 0 fully saturated rings. The van der Waals surface area contributed by atoms with Crippen LogP contribution >= 0.6 is 0 Å². The van der Waals surface area contributed by atoms with Gasteiger partial charge in [-0.15, -0.1) is 0 Å². The van der Waals surface area contributed by atoms with Crippen LogP contribution in [0.5, 0.6) is 0 Å². The van der Waals surface area contributed by atoms with Crippen LogP contribution < -0.4 is 5.32 Å². The molecular formula is C13H17FN2O3. The summed E-state index contributed by atoms with van der Waals surface area (Å²) >= 11 is 0. The molecule has 1 N–H and O–H groups in total. The monoisotopic (exact) mass is 268 g/mol. The number of rotatable bonds is 7. The van der Waals surface area contributed by atoms with Crippen molar-refractivity contribution in [1.82, 2.24) is 5.32 Å². The van der Waals surface area contributed by atoms with Crippen molar-refractivity contribution in [2.24, 2.45) is 0 Å². The van der Waals surface area contributed by atoms with Crippen LogP contribution in [0.25, 0.3) is 0 Å². The van der Waals surface area contributed by atoms with Gasteiger partial charge in [0.1, 0.15) is 0 Å². The third-order valence-electron chi connectivity index (χ3n) is 2.72. The molecule has 0 aliphatic heterocycles. The second-order valence-electron chi connectivity index (χ2n) is 4.24. The number of carbonyl (C=O) groups is 1. The minimum atomic E-state index is -0.997. The highest BCUT2D eigenvalue weighted by molar-refractivity contribution is 5.94. The molecule has 0 aliphatic carbocycles. The average molecular weight is 268 g/mol. The van der Waals surface area contributed by atoms with E-state index in [0.717, 1.165) is 37.8 Å². The molecule has 0 saturated carbocycles. The van der Waals surface area contributed by atoms with Crippen molar-refractivity contribution in [3.63, 3.8) is 0 Å². The van der Waals surface area contributed by atoms with Crippen molar-refractivity contribution >= 4 is 11.6 Å². The number of nitro groups is 1. The first-order valence-electron chi connectivity index (χ1n) is 6.28. The van der Waals surface area contributed by atoms with Crippen molar-refractivity contribution in [1.29, 1.82) is 0 Å². The van der Waals surface area contributed by atoms with Crippen molar-refractivity contribution in [3.05, 3.63) is 39.7 Å². The number of hydrogen-bond acceptors (Lipinski definition) is 3. The molecule has 1 aromatic carbocycles. The molecule has 0 heterocycles. The maximum Gasteiger partial charge on any atom is 0.304 e. The highest BCUT2D eigenvalue weighted by atomic mass is 19.1. The number of benzene rings is 1. The Balaban J connectivity index is 2.53. The first-order valence-corrected chi connectivity index (χ1v) is 6.28. The molecule has 0 radical (unpaired) electrons. The van der Waals surface area contributed by atoms with Gasteiger partial charge in [0.25, 0.3) is 5.91 Å². The zero-order valence-electron chi connectivity index (χ0n) is 10.8. The number of nitro benzene ring substituents is 1. The van der Waals surface area contributed by atoms with E-state index in [4.69, 9.17) is 0 Å². The second kappa shape index (κ2) is 7.45. The van der Waals surface area contributed by atoms with Gasteiger partial charge in [-0.25, -0.2) is 0 Å². The van der Waals surface area contributed by atoms with E-state index in [2.05, 4.69) is 12.2 Å². The highest BCUT2D eigenvalue weighted by Crippen LogP contribution is 2.17. The molecule has 0 atom stereocenters. The molecule has 0 spiro atoms. The Labute approximate surface area is 111 Å². The summed E-state index contributed by atoms with van der Waals surface area (Å²) in [7, 11) is 0. The minimum absolute atomic E-state index is 0.0959. The molecular weight excluding hydrogens is 251 g/mol. The third-order valence-corrected chi connectivity index (χ3v) is 2.72. The van der Waals surface area contributed by atoms with Crippen LogP contribution in [0, 0.1) is 15.9 Å². The van der Waals surface area contributed by atoms with E-state index in [1.165, 1.54) is 6.07 Å². The standard InChI is InChI=1S/C13H17FN2O3/c1-2-3-4-5-8-15-13(17)10-6-7-12(16(18)19)11(14)9-10/h6-7,9H,2-5,8H2,1H3,(H,15,17). The summed E-state index contributed by atoms with van der Waals surface area (Å²) in [4.78, 5) is 21.3. The molecule has 5 nitrogen and oxygen atoms in total. The second-order valence-corrected chi connectivity index (χ2v) is 4.24. The fraction of sp³-hybridized carbons (Fsp3) is 0.462. The van der Waals surface area contributed by atoms with E-state index < -0.39 is 22.3 Å². The van der Waals surface area contributed by atoms with Crippen LogP contribution in [0.4, 0.5) is 10.1 Å². The Hall–Kier alpha value is -1.98. The lowest BCUT2D eigenvalue weighted by atomic mass is 10.1. The van der Waals surface area contributed by atoms with E-state index in [-0.39, 0.29) is 5.56 Å². The quantitative estimate of drug-likeness (QED) is 0.469. The Morgan fingerprint density at radius 2 is 2.11 bits per heavy atom. The molecule has 0 aliphatic rings. The normalized spacial score (nSPS) is 10.2. The maximum atomic E-state index is 13.3. The molecule has 104 valence electrons. The van der Waals surface area contributed by atoms with Gasteiger partial charge in [-0.3, -0.25) is 14.9 Å². The molecule has 1 rings (SSSR count). The highest BCUT2D eigenvalue weighted by Gasteiger charge is 2.16. The van der Waals surface area contributed by atoms with Crippen LogP contribution in [-0.2, 0) is 0 Å². The van der Waals surface area contributed by atoms with Gasteiger partial charge >= 0.3 is 5.69 Å². The largest absolute Gasteiger partial charge is 0.352 e. The van der Waals surface area contributed by atoms with Gasteiger partial charge < -0.3 is 5.32 Å². The summed E-state index contributed by atoms with van der Waals surface area (Å²) in [5, 5.41) is 13.1. The SMILES string of the molecule is CCCCCCNC(=O)c1ccc([N+](=O)[O-])c(F)c1. The molecule has 0 saturated heterocycles. The van der Waals surface area contributed by atoms with E-state index in [1.807, 2.05) is 0 Å². The van der Waals surface area contributed by atoms with Gasteiger partial charge in [0.15, 0.2) is 0 Å². The van der Waals surface area contributed by atoms with Gasteiger partial charge in [0, 0.05) is 18.2 Å². The number of unbranched alkanes of at least 4 members (excludes halogenated alkanes) is 3. The van der Waals surface area contributed by atoms with Gasteiger partial charge in [0.2, 0.25) is 5.82 Å². The molecule has 0 unspecified atom stereocenters. The first-order chi connectivity index (χ1) is 9.06. The fourth-order valence-electron chi connectivity index (χ4n) is 1.65. The lowest BCUT2D eigenvalue weighted by Crippen LogP contribution is -2.24. The summed E-state index contributed by atoms with van der Waals surface area (Å²) in [6.45, 7) is 2.62. The van der Waals surface area contributed by atoms with E-state index >= 15 is 0 Å². The van der Waals surface area contributed by atoms with Crippen molar-refractivity contribution in [3.8, 4) is 0 Å². The minimum Gasteiger partial charge on any atom is -0.352 e. The molecule has 6 heteroatoms. The zero-order chi connectivity index (χ0) is 14.3. The topological polar surface area (TPSA) is 72.2 Å². The number of amides is 1. The van der Waals surface area contributed by atoms with Crippen molar-refractivity contribution < 1.29 is 14.1 Å². The Bertz CT molecular complexity index is 463. The van der Waals surface area contributed by atoms with Crippen LogP contribution in [0.1, 0.15) is 43.0 Å². The van der Waals surface area contributed by atoms with Gasteiger partial charge in [-0.2, -0.15) is 4.39 Å². The first kappa shape index (κ1) is 15.1. The van der Waals surface area contributed by atoms with Crippen LogP contribution in [0.15, 0.2) is 18.2 Å². The van der Waals surface area contributed by atoms with Crippen LogP contribution in [-0.4, -0.2) is 17.4 Å². The van der Waals surface area contributed by atoms with Crippen LogP contribution in [0.3, 0.4) is 0 Å². The fourth-order valence-corrected chi connectivity index (χ4v) is 1.65. The smallest absolute Gasteiger partial charge is 0.304 e. The van der Waals surface area contributed by atoms with Gasteiger partial charge in [-0.1, -0.05) is 26.2 Å². The van der Waals surface area contributed by atoms with Gasteiger partial charge in [0.05, 0.1) is 4.92 Å². The van der Waals surface area contributed by atoms with E-state index in [9.17, 15) is 19.3 Å². The van der Waals surface area contributed by atoms with E-state index in [0.29, 0.717) is 6.54 Å². The predicted octanol–water partition coefficient (Wildman–Crippen LogP) is 3.04. The molecule has 19 heavy (non-hydrogen) atoms. The number of halogens is 1. The van der Waals surface area contributed by atoms with Crippen molar-refractivity contribution in [2.45, 2.75) is 32.6 Å². The molecule has 0 aromatic heterocycles. The lowest BCUT2D eigenvalue weighted by molar-refractivity contribution is -0.387. The number of hydrogen-bond donors (Lipinski definition) is 1. The maximum absolute atomic E-state index is 13.3. The summed E-state index contributed by atoms with van der Waals surface area (Å²) in [5.74, 6) is -1.41. The summed E-state index contributed by atoms with van der Waals surface area (Å²) in [6.07, 6.45) is 4.13. The summed E-state index contributed by atoms with van der Waals surface area (Å²) in [6, 6.07) is 3.14. The number of nitrogens with zero attached hydrogens (tertiary/aromatic N) is 1. The summed E-state index contributed by atoms with van der Waals surface area (Å²) in [5.41, 5.74) is -0.530. The summed E-state index contributed by atoms with van der Waals surface area (Å²) < 4.78 is 13.3. The Morgan fingerprint density at radius 3 is 2.68 bits per heavy atom. The third kappa shape index (κ3) is 4.65. The number of carbonyl (C=O) groups excluding carboxylic acids is 1. The Morgan fingerprint density at radius 1 is 1.37 bits per heavy atom. The zero-order valence-corrected chi connectivity index (χ0v) is 10.8. The molecule has 1 aromatic rings. The number of nitrogens with one attached hydrogen (secondary N) is 1. The van der Waals surface area contributed by atoms with Crippen molar-refractivity contribution in [2.75, 3.05) is 6.54 Å². The predicted molar refractivity (Wildman–Crippen MR) is 69.5 cm³/mol. The molecule has 1 amide bonds. The van der Waals surface area contributed by atoms with E-state index in [1.54, 1.807) is 0 Å². The average Bonchev–Trinajstić information content (AvgIpc) is 2.37. The van der Waals surface area contributed by atoms with Crippen LogP contribution in [0.2, 0.25) is 0 Å². The Kier molecular flexibility index (Phi) is 5.92. The molecule has 0 bridgehead atoms. The lowest BCUT2D eigenvalue weighted by Gasteiger charge is -2.05. The van der Waals surface area contributed by atoms with Gasteiger partial charge in [-0.05, 0) is 18.6 Å².